The third-order valence-corrected chi connectivity index (χ3v) is 5.78. The lowest BCUT2D eigenvalue weighted by Crippen LogP contribution is -2.42. The molecule has 4 heteroatoms. The Morgan fingerprint density at radius 3 is 3.10 bits per heavy atom. The van der Waals surface area contributed by atoms with Crippen molar-refractivity contribution in [3.8, 4) is 0 Å². The Morgan fingerprint density at radius 1 is 1.45 bits per heavy atom. The number of nitrogens with zero attached hydrogens (tertiary/aromatic N) is 1. The zero-order valence-corrected chi connectivity index (χ0v) is 13.3. The molecule has 0 aromatic carbocycles. The number of nitrogens with one attached hydrogen (secondary N) is 1. The molecule has 3 rings (SSSR count). The van der Waals surface area contributed by atoms with E-state index < -0.39 is 0 Å². The van der Waals surface area contributed by atoms with Gasteiger partial charge >= 0.3 is 0 Å². The molecule has 3 nitrogen and oxygen atoms in total. The Morgan fingerprint density at radius 2 is 2.30 bits per heavy atom. The molecule has 0 saturated carbocycles. The Kier molecular flexibility index (Phi) is 4.13. The highest BCUT2D eigenvalue weighted by Gasteiger charge is 2.37. The van der Waals surface area contributed by atoms with Gasteiger partial charge < -0.3 is 5.32 Å². The lowest BCUT2D eigenvalue weighted by atomic mass is 10.1. The van der Waals surface area contributed by atoms with E-state index in [0.717, 1.165) is 30.7 Å². The van der Waals surface area contributed by atoms with Gasteiger partial charge in [0.25, 0.3) is 5.91 Å². The normalized spacial score (nSPS) is 25.9. The molecule has 1 N–H and O–H groups in total. The van der Waals surface area contributed by atoms with Crippen molar-refractivity contribution in [2.24, 2.45) is 0 Å². The van der Waals surface area contributed by atoms with E-state index in [0.29, 0.717) is 12.1 Å². The SMILES string of the molecule is CCCc1cc(C(=O)NC2CCN3CCCC23)sc1C. The molecule has 0 spiro atoms. The maximum absolute atomic E-state index is 12.4. The van der Waals surface area contributed by atoms with E-state index in [1.165, 1.54) is 29.8 Å². The second-order valence-corrected chi connectivity index (χ2v) is 7.31. The van der Waals surface area contributed by atoms with E-state index in [4.69, 9.17) is 0 Å². The second kappa shape index (κ2) is 5.86. The van der Waals surface area contributed by atoms with Crippen LogP contribution in [-0.2, 0) is 6.42 Å². The maximum atomic E-state index is 12.4. The van der Waals surface area contributed by atoms with Gasteiger partial charge in [0.15, 0.2) is 0 Å². The van der Waals surface area contributed by atoms with E-state index >= 15 is 0 Å². The monoisotopic (exact) mass is 292 g/mol. The van der Waals surface area contributed by atoms with Gasteiger partial charge in [-0.1, -0.05) is 13.3 Å². The topological polar surface area (TPSA) is 32.3 Å². The number of carbonyl (C=O) groups excluding carboxylic acids is 1. The molecule has 0 aliphatic carbocycles. The predicted molar refractivity (Wildman–Crippen MR) is 83.5 cm³/mol. The highest BCUT2D eigenvalue weighted by molar-refractivity contribution is 7.14. The molecular weight excluding hydrogens is 268 g/mol. The van der Waals surface area contributed by atoms with Crippen LogP contribution in [0.15, 0.2) is 6.07 Å². The van der Waals surface area contributed by atoms with Gasteiger partial charge in [0.05, 0.1) is 4.88 Å². The van der Waals surface area contributed by atoms with Crippen molar-refractivity contribution in [2.75, 3.05) is 13.1 Å². The number of hydrogen-bond acceptors (Lipinski definition) is 3. The molecule has 2 aliphatic heterocycles. The first-order chi connectivity index (χ1) is 9.69. The first-order valence-electron chi connectivity index (χ1n) is 7.83. The zero-order valence-electron chi connectivity index (χ0n) is 12.4. The van der Waals surface area contributed by atoms with Crippen molar-refractivity contribution >= 4 is 17.2 Å². The van der Waals surface area contributed by atoms with Crippen molar-refractivity contribution in [1.29, 1.82) is 0 Å². The lowest BCUT2D eigenvalue weighted by Gasteiger charge is -2.20. The fourth-order valence-electron chi connectivity index (χ4n) is 3.64. The highest BCUT2D eigenvalue weighted by atomic mass is 32.1. The molecule has 2 unspecified atom stereocenters. The molecule has 110 valence electrons. The van der Waals surface area contributed by atoms with Crippen LogP contribution in [-0.4, -0.2) is 36.0 Å². The van der Waals surface area contributed by atoms with Gasteiger partial charge in [-0.3, -0.25) is 9.69 Å². The predicted octanol–water partition coefficient (Wildman–Crippen LogP) is 2.98. The van der Waals surface area contributed by atoms with Crippen LogP contribution in [0, 0.1) is 6.92 Å². The van der Waals surface area contributed by atoms with Gasteiger partial charge in [-0.2, -0.15) is 0 Å². The van der Waals surface area contributed by atoms with Crippen LogP contribution in [0.3, 0.4) is 0 Å². The van der Waals surface area contributed by atoms with Gasteiger partial charge in [0, 0.05) is 23.5 Å². The molecule has 2 saturated heterocycles. The Balaban J connectivity index is 1.65. The minimum absolute atomic E-state index is 0.138. The van der Waals surface area contributed by atoms with Gasteiger partial charge in [0.2, 0.25) is 0 Å². The number of thiophene rings is 1. The summed E-state index contributed by atoms with van der Waals surface area (Å²) >= 11 is 1.65. The number of aryl methyl sites for hydroxylation is 2. The highest BCUT2D eigenvalue weighted by Crippen LogP contribution is 2.29. The summed E-state index contributed by atoms with van der Waals surface area (Å²) in [5.74, 6) is 0.138. The van der Waals surface area contributed by atoms with E-state index in [2.05, 4.69) is 30.1 Å². The first kappa shape index (κ1) is 14.1. The summed E-state index contributed by atoms with van der Waals surface area (Å²) in [6, 6.07) is 3.05. The summed E-state index contributed by atoms with van der Waals surface area (Å²) < 4.78 is 0. The van der Waals surface area contributed by atoms with Crippen LogP contribution >= 0.6 is 11.3 Å². The number of hydrogen-bond donors (Lipinski definition) is 1. The zero-order chi connectivity index (χ0) is 14.1. The van der Waals surface area contributed by atoms with Crippen LogP contribution in [0.2, 0.25) is 0 Å². The van der Waals surface area contributed by atoms with Crippen molar-refractivity contribution in [3.63, 3.8) is 0 Å². The minimum Gasteiger partial charge on any atom is -0.347 e. The number of amides is 1. The number of carbonyl (C=O) groups is 1. The van der Waals surface area contributed by atoms with Crippen LogP contribution < -0.4 is 5.32 Å². The molecular formula is C16H24N2OS. The summed E-state index contributed by atoms with van der Waals surface area (Å²) in [5.41, 5.74) is 1.34. The van der Waals surface area contributed by atoms with E-state index in [-0.39, 0.29) is 5.91 Å². The van der Waals surface area contributed by atoms with Crippen LogP contribution in [0.1, 0.15) is 52.7 Å². The molecule has 0 radical (unpaired) electrons. The summed E-state index contributed by atoms with van der Waals surface area (Å²) in [6.07, 6.45) is 5.86. The second-order valence-electron chi connectivity index (χ2n) is 6.06. The van der Waals surface area contributed by atoms with E-state index in [1.807, 2.05) is 0 Å². The molecule has 2 fully saturated rings. The van der Waals surface area contributed by atoms with Crippen LogP contribution in [0.4, 0.5) is 0 Å². The average Bonchev–Trinajstić information content (AvgIpc) is 3.09. The first-order valence-corrected chi connectivity index (χ1v) is 8.65. The Labute approximate surface area is 125 Å². The molecule has 1 aromatic rings. The number of fused-ring (bicyclic) bond motifs is 1. The fraction of sp³-hybridized carbons (Fsp3) is 0.688. The molecule has 20 heavy (non-hydrogen) atoms. The van der Waals surface area contributed by atoms with E-state index in [1.54, 1.807) is 11.3 Å². The molecule has 2 aliphatic rings. The largest absolute Gasteiger partial charge is 0.347 e. The van der Waals surface area contributed by atoms with Crippen molar-refractivity contribution < 1.29 is 4.79 Å². The summed E-state index contributed by atoms with van der Waals surface area (Å²) in [4.78, 5) is 17.2. The standard InChI is InChI=1S/C16H24N2OS/c1-3-5-12-10-15(20-11(12)2)16(19)17-13-7-9-18-8-4-6-14(13)18/h10,13-14H,3-9H2,1-2H3,(H,17,19). The van der Waals surface area contributed by atoms with Crippen LogP contribution in [0.5, 0.6) is 0 Å². The third kappa shape index (κ3) is 2.63. The van der Waals surface area contributed by atoms with Gasteiger partial charge in [-0.15, -0.1) is 11.3 Å². The van der Waals surface area contributed by atoms with Crippen molar-refractivity contribution in [2.45, 2.75) is 58.0 Å². The summed E-state index contributed by atoms with van der Waals surface area (Å²) in [5, 5.41) is 3.28. The Bertz CT molecular complexity index is 497. The average molecular weight is 292 g/mol. The van der Waals surface area contributed by atoms with Gasteiger partial charge in [0.1, 0.15) is 0 Å². The summed E-state index contributed by atoms with van der Waals surface area (Å²) in [7, 11) is 0. The molecule has 1 amide bonds. The lowest BCUT2D eigenvalue weighted by molar-refractivity contribution is 0.0933. The minimum atomic E-state index is 0.138. The molecule has 3 heterocycles. The van der Waals surface area contributed by atoms with E-state index in [9.17, 15) is 4.79 Å². The fourth-order valence-corrected chi connectivity index (χ4v) is 4.61. The molecule has 2 atom stereocenters. The summed E-state index contributed by atoms with van der Waals surface area (Å²) in [6.45, 7) is 6.68. The third-order valence-electron chi connectivity index (χ3n) is 4.69. The van der Waals surface area contributed by atoms with Crippen LogP contribution in [0.25, 0.3) is 0 Å². The quantitative estimate of drug-likeness (QED) is 0.925. The molecule has 1 aromatic heterocycles. The van der Waals surface area contributed by atoms with Crippen molar-refractivity contribution in [1.82, 2.24) is 10.2 Å². The van der Waals surface area contributed by atoms with Gasteiger partial charge in [-0.05, 0) is 50.8 Å². The van der Waals surface area contributed by atoms with Gasteiger partial charge in [-0.25, -0.2) is 0 Å². The maximum Gasteiger partial charge on any atom is 0.261 e. The smallest absolute Gasteiger partial charge is 0.261 e. The Hall–Kier alpha value is -0.870. The molecule has 0 bridgehead atoms. The van der Waals surface area contributed by atoms with Crippen molar-refractivity contribution in [3.05, 3.63) is 21.4 Å². The number of rotatable bonds is 4.